The summed E-state index contributed by atoms with van der Waals surface area (Å²) in [6, 6.07) is 10.3. The Bertz CT molecular complexity index is 2230. The van der Waals surface area contributed by atoms with E-state index in [4.69, 9.17) is 16.1 Å². The molecule has 5 heterocycles. The number of nitrogens with one attached hydrogen (secondary N) is 1. The molecule has 3 aromatic heterocycles. The molecule has 5 aromatic rings. The van der Waals surface area contributed by atoms with Gasteiger partial charge in [-0.25, -0.2) is 18.2 Å². The molecule has 13 heteroatoms. The van der Waals surface area contributed by atoms with E-state index in [-0.39, 0.29) is 76.4 Å². The normalized spacial score (nSPS) is 20.4. The minimum atomic E-state index is -1.13. The third kappa shape index (κ3) is 6.52. The van der Waals surface area contributed by atoms with Crippen molar-refractivity contribution in [2.45, 2.75) is 50.4 Å². The number of aromatic nitrogens is 4. The topological polar surface area (TPSA) is 117 Å². The molecule has 0 radical (unpaired) electrons. The fourth-order valence-electron chi connectivity index (χ4n) is 7.29. The average molecular weight is 708 g/mol. The largest absolute Gasteiger partial charge is 0.508 e. The van der Waals surface area contributed by atoms with Gasteiger partial charge in [0.2, 0.25) is 5.91 Å². The van der Waals surface area contributed by atoms with Crippen LogP contribution in [0.4, 0.5) is 24.8 Å². The lowest BCUT2D eigenvalue weighted by Crippen LogP contribution is -2.46. The highest BCUT2D eigenvalue weighted by Crippen LogP contribution is 2.40. The Morgan fingerprint density at radius 3 is 2.81 bits per heavy atom. The quantitative estimate of drug-likeness (QED) is 0.143. The van der Waals surface area contributed by atoms with Crippen LogP contribution in [0, 0.1) is 24.0 Å². The number of phenolic OH excluding ortho intramolecular Hbond substituents is 1. The molecule has 10 nitrogen and oxygen atoms in total. The molecule has 266 valence electrons. The summed E-state index contributed by atoms with van der Waals surface area (Å²) in [5.74, 6) is 1.21. The molecular weight excluding hydrogens is 671 g/mol. The van der Waals surface area contributed by atoms with Gasteiger partial charge in [-0.3, -0.25) is 9.78 Å². The second-order valence-electron chi connectivity index (χ2n) is 13.4. The maximum Gasteiger partial charge on any atom is 0.319 e. The number of carbonyl (C=O) groups excluding carboxylic acids is 1. The molecule has 2 saturated heterocycles. The van der Waals surface area contributed by atoms with E-state index >= 15 is 4.39 Å². The first-order valence-corrected chi connectivity index (χ1v) is 17.0. The van der Waals surface area contributed by atoms with Crippen LogP contribution in [0.15, 0.2) is 67.5 Å². The van der Waals surface area contributed by atoms with Gasteiger partial charge >= 0.3 is 6.01 Å². The Morgan fingerprint density at radius 2 is 2.04 bits per heavy atom. The lowest BCUT2D eigenvalue weighted by Gasteiger charge is -2.35. The van der Waals surface area contributed by atoms with Gasteiger partial charge in [-0.15, -0.1) is 6.42 Å². The molecule has 2 aliphatic rings. The first-order valence-electron chi connectivity index (χ1n) is 17.0. The third-order valence-electron chi connectivity index (χ3n) is 9.73. The number of phenols is 1. The third-order valence-corrected chi connectivity index (χ3v) is 9.73. The van der Waals surface area contributed by atoms with E-state index < -0.39 is 23.3 Å². The predicted molar refractivity (Wildman–Crippen MR) is 193 cm³/mol. The van der Waals surface area contributed by atoms with Crippen LogP contribution in [-0.4, -0.2) is 74.9 Å². The van der Waals surface area contributed by atoms with Crippen LogP contribution in [0.25, 0.3) is 32.9 Å². The van der Waals surface area contributed by atoms with Gasteiger partial charge in [0.25, 0.3) is 0 Å². The number of anilines is 2. The van der Waals surface area contributed by atoms with Crippen molar-refractivity contribution in [1.82, 2.24) is 25.3 Å². The number of benzene rings is 2. The van der Waals surface area contributed by atoms with Gasteiger partial charge in [-0.1, -0.05) is 24.6 Å². The fraction of sp³-hybridized carbons (Fsp3) is 0.308. The van der Waals surface area contributed by atoms with Crippen molar-refractivity contribution in [3.8, 4) is 35.4 Å². The zero-order valence-corrected chi connectivity index (χ0v) is 28.5. The summed E-state index contributed by atoms with van der Waals surface area (Å²) < 4.78 is 53.1. The van der Waals surface area contributed by atoms with Crippen molar-refractivity contribution < 1.29 is 27.8 Å². The molecule has 0 saturated carbocycles. The summed E-state index contributed by atoms with van der Waals surface area (Å²) in [6.45, 7) is 6.38. The number of fused-ring (bicyclic) bond motifs is 2. The molecule has 2 aromatic carbocycles. The minimum absolute atomic E-state index is 0.0471. The first-order chi connectivity index (χ1) is 25.1. The molecule has 52 heavy (non-hydrogen) atoms. The first kappa shape index (κ1) is 34.5. The fourth-order valence-corrected chi connectivity index (χ4v) is 7.29. The van der Waals surface area contributed by atoms with E-state index in [0.717, 1.165) is 12.8 Å². The van der Waals surface area contributed by atoms with Gasteiger partial charge in [0.1, 0.15) is 47.2 Å². The molecule has 0 bridgehead atoms. The smallest absolute Gasteiger partial charge is 0.319 e. The van der Waals surface area contributed by atoms with Gasteiger partial charge < -0.3 is 25.0 Å². The molecule has 1 amide bonds. The van der Waals surface area contributed by atoms with Crippen LogP contribution in [0.5, 0.6) is 11.8 Å². The van der Waals surface area contributed by atoms with E-state index in [0.29, 0.717) is 36.5 Å². The standard InChI is InChI=1S/C39H36F3N7O3/c1-4-27-30(41)13-12-23-16-26(50)17-28(33(23)27)35-34(42)36-29(19-44-35)37(48-15-9-7-10-25(21-48)45-32(51)5-2)47-38(46-36)52-22-39(3)18-24(40)20-49(39)31-11-6-8-14-43-31/h1,5-6,8,11-14,16-17,19,24-25,50H,2,7,9-10,15,18,20-22H2,3H3,(H,45,51)/t24-,25?,39+/m1/s1. The number of rotatable bonds is 8. The number of alkyl halides is 1. The highest BCUT2D eigenvalue weighted by molar-refractivity contribution is 6.03. The number of halogens is 3. The van der Waals surface area contributed by atoms with E-state index in [1.165, 1.54) is 36.5 Å². The summed E-state index contributed by atoms with van der Waals surface area (Å²) in [6.07, 6.45) is 11.3. The summed E-state index contributed by atoms with van der Waals surface area (Å²) in [7, 11) is 0. The van der Waals surface area contributed by atoms with E-state index in [9.17, 15) is 18.7 Å². The summed E-state index contributed by atoms with van der Waals surface area (Å²) >= 11 is 0. The van der Waals surface area contributed by atoms with Gasteiger partial charge in [0.15, 0.2) is 5.82 Å². The Hall–Kier alpha value is -5.90. The molecule has 2 N–H and O–H groups in total. The van der Waals surface area contributed by atoms with E-state index in [1.54, 1.807) is 18.3 Å². The minimum Gasteiger partial charge on any atom is -0.508 e. The number of pyridine rings is 2. The van der Waals surface area contributed by atoms with Crippen molar-refractivity contribution in [2.24, 2.45) is 0 Å². The summed E-state index contributed by atoms with van der Waals surface area (Å²) in [5.41, 5.74) is -1.23. The summed E-state index contributed by atoms with van der Waals surface area (Å²) in [4.78, 5) is 34.2. The molecule has 1 unspecified atom stereocenters. The molecule has 2 aliphatic heterocycles. The van der Waals surface area contributed by atoms with Gasteiger partial charge in [-0.05, 0) is 68.0 Å². The molecule has 3 atom stereocenters. The average Bonchev–Trinajstić information content (AvgIpc) is 3.27. The van der Waals surface area contributed by atoms with Crippen LogP contribution < -0.4 is 19.9 Å². The Balaban J connectivity index is 1.36. The number of amides is 1. The zero-order valence-electron chi connectivity index (χ0n) is 28.5. The van der Waals surface area contributed by atoms with Crippen molar-refractivity contribution in [2.75, 3.05) is 36.0 Å². The van der Waals surface area contributed by atoms with Crippen molar-refractivity contribution in [3.63, 3.8) is 0 Å². The second kappa shape index (κ2) is 14.0. The number of nitrogens with zero attached hydrogens (tertiary/aromatic N) is 6. The number of ether oxygens (including phenoxy) is 1. The molecule has 2 fully saturated rings. The molecule has 0 spiro atoms. The van der Waals surface area contributed by atoms with Crippen LogP contribution >= 0.6 is 0 Å². The number of terminal acetylenes is 1. The number of aromatic hydroxyl groups is 1. The number of hydrogen-bond acceptors (Lipinski definition) is 9. The lowest BCUT2D eigenvalue weighted by molar-refractivity contribution is -0.117. The number of carbonyl (C=O) groups is 1. The molecular formula is C39H36F3N7O3. The van der Waals surface area contributed by atoms with Crippen LogP contribution in [0.1, 0.15) is 38.2 Å². The van der Waals surface area contributed by atoms with Crippen LogP contribution in [0.3, 0.4) is 0 Å². The van der Waals surface area contributed by atoms with Crippen molar-refractivity contribution in [3.05, 3.63) is 84.7 Å². The lowest BCUT2D eigenvalue weighted by atomic mass is 9.96. The Kier molecular flexibility index (Phi) is 9.31. The molecule has 0 aliphatic carbocycles. The Morgan fingerprint density at radius 1 is 1.19 bits per heavy atom. The van der Waals surface area contributed by atoms with E-state index in [2.05, 4.69) is 32.8 Å². The molecule has 7 rings (SSSR count). The van der Waals surface area contributed by atoms with Crippen molar-refractivity contribution in [1.29, 1.82) is 0 Å². The van der Waals surface area contributed by atoms with Gasteiger partial charge in [0.05, 0.1) is 23.0 Å². The van der Waals surface area contributed by atoms with Crippen molar-refractivity contribution >= 4 is 39.2 Å². The van der Waals surface area contributed by atoms with Crippen LogP contribution in [0.2, 0.25) is 0 Å². The maximum atomic E-state index is 17.0. The zero-order chi connectivity index (χ0) is 36.6. The monoisotopic (exact) mass is 707 g/mol. The van der Waals surface area contributed by atoms with Gasteiger partial charge in [0, 0.05) is 48.9 Å². The van der Waals surface area contributed by atoms with Crippen LogP contribution in [-0.2, 0) is 4.79 Å². The highest BCUT2D eigenvalue weighted by atomic mass is 19.1. The van der Waals surface area contributed by atoms with Gasteiger partial charge in [-0.2, -0.15) is 9.97 Å². The Labute approximate surface area is 298 Å². The second-order valence-corrected chi connectivity index (χ2v) is 13.4. The predicted octanol–water partition coefficient (Wildman–Crippen LogP) is 6.25. The summed E-state index contributed by atoms with van der Waals surface area (Å²) in [5, 5.41) is 14.4. The highest BCUT2D eigenvalue weighted by Gasteiger charge is 2.44. The van der Waals surface area contributed by atoms with E-state index in [1.807, 2.05) is 22.8 Å². The SMILES string of the molecule is C#Cc1c(F)ccc2cc(O)cc(-c3ncc4c(N5CCCCC(NC(=O)C=C)C5)nc(OC[C@]5(C)C[C@@H](F)CN5c5ccccn5)nc4c3F)c12. The maximum absolute atomic E-state index is 17.0. The number of hydrogen-bond donors (Lipinski definition) is 2.